The zero-order chi connectivity index (χ0) is 7.83. The van der Waals surface area contributed by atoms with E-state index >= 15 is 0 Å². The van der Waals surface area contributed by atoms with E-state index in [0.29, 0.717) is 0 Å². The quantitative estimate of drug-likeness (QED) is 0.519. The van der Waals surface area contributed by atoms with Gasteiger partial charge in [-0.3, -0.25) is 0 Å². The van der Waals surface area contributed by atoms with Gasteiger partial charge in [0.15, 0.2) is 0 Å². The summed E-state index contributed by atoms with van der Waals surface area (Å²) in [6.07, 6.45) is 4.27. The van der Waals surface area contributed by atoms with Crippen molar-refractivity contribution in [2.75, 3.05) is 0 Å². The molecule has 0 saturated heterocycles. The average molecular weight is 160 g/mol. The van der Waals surface area contributed by atoms with E-state index in [9.17, 15) is 5.11 Å². The average Bonchev–Trinajstić information content (AvgIpc) is 1.77. The number of hydrogen-bond donors (Lipinski definition) is 2. The predicted octanol–water partition coefficient (Wildman–Crippen LogP) is 2.00. The molecule has 0 aromatic heterocycles. The van der Waals surface area contributed by atoms with Crippen molar-refractivity contribution in [3.63, 3.8) is 0 Å². The van der Waals surface area contributed by atoms with Crippen LogP contribution in [0.2, 0.25) is 0 Å². The molecule has 1 N–H and O–H groups in total. The maximum absolute atomic E-state index is 9.83. The van der Waals surface area contributed by atoms with Crippen LogP contribution in [0.5, 0.6) is 0 Å². The van der Waals surface area contributed by atoms with Gasteiger partial charge in [-0.2, -0.15) is 12.6 Å². The molecule has 1 aliphatic rings. The molecule has 0 unspecified atom stereocenters. The smallest absolute Gasteiger partial charge is 0.0760 e. The van der Waals surface area contributed by atoms with Crippen LogP contribution < -0.4 is 0 Å². The molecular formula is C8H16OS. The molecule has 2 atom stereocenters. The molecule has 0 amide bonds. The van der Waals surface area contributed by atoms with Crippen molar-refractivity contribution in [3.05, 3.63) is 0 Å². The lowest BCUT2D eigenvalue weighted by Gasteiger charge is -2.43. The fourth-order valence-electron chi connectivity index (χ4n) is 1.48. The maximum Gasteiger partial charge on any atom is 0.0760 e. The number of aliphatic hydroxyl groups is 1. The van der Waals surface area contributed by atoms with E-state index in [-0.39, 0.29) is 4.75 Å². The minimum atomic E-state index is -0.561. The van der Waals surface area contributed by atoms with Gasteiger partial charge in [0.05, 0.1) is 5.60 Å². The zero-order valence-electron chi connectivity index (χ0n) is 6.72. The molecule has 10 heavy (non-hydrogen) atoms. The molecule has 0 bridgehead atoms. The second-order valence-corrected chi connectivity index (χ2v) is 4.74. The highest BCUT2D eigenvalue weighted by molar-refractivity contribution is 7.81. The minimum absolute atomic E-state index is 0.175. The lowest BCUT2D eigenvalue weighted by atomic mass is 9.77. The molecule has 0 spiro atoms. The second-order valence-electron chi connectivity index (χ2n) is 3.75. The molecule has 60 valence electrons. The fourth-order valence-corrected chi connectivity index (χ4v) is 1.75. The summed E-state index contributed by atoms with van der Waals surface area (Å²) in [4.78, 5) is 0. The molecule has 2 heteroatoms. The fraction of sp³-hybridized carbons (Fsp3) is 1.00. The molecular weight excluding hydrogens is 144 g/mol. The van der Waals surface area contributed by atoms with Crippen LogP contribution in [0.1, 0.15) is 39.5 Å². The van der Waals surface area contributed by atoms with Gasteiger partial charge in [-0.05, 0) is 26.7 Å². The van der Waals surface area contributed by atoms with Crippen LogP contribution in [-0.2, 0) is 0 Å². The Labute approximate surface area is 68.2 Å². The van der Waals surface area contributed by atoms with Crippen molar-refractivity contribution >= 4 is 12.6 Å². The highest BCUT2D eigenvalue weighted by Gasteiger charge is 2.41. The molecule has 1 nitrogen and oxygen atoms in total. The van der Waals surface area contributed by atoms with Crippen molar-refractivity contribution in [2.45, 2.75) is 49.9 Å². The number of rotatable bonds is 0. The Kier molecular flexibility index (Phi) is 2.03. The van der Waals surface area contributed by atoms with Crippen molar-refractivity contribution in [3.8, 4) is 0 Å². The Bertz CT molecular complexity index is 113. The first-order chi connectivity index (χ1) is 4.46. The summed E-state index contributed by atoms with van der Waals surface area (Å²) in [6.45, 7) is 3.91. The standard InChI is InChI=1S/C8H16OS/c1-7(9)5-3-4-6-8(7,2)10/h9-10H,3-6H2,1-2H3/t7-,8-/m0/s1. The predicted molar refractivity (Wildman–Crippen MR) is 46.5 cm³/mol. The summed E-state index contributed by atoms with van der Waals surface area (Å²) in [5.74, 6) is 0. The van der Waals surface area contributed by atoms with E-state index in [1.807, 2.05) is 13.8 Å². The van der Waals surface area contributed by atoms with E-state index in [1.54, 1.807) is 0 Å². The van der Waals surface area contributed by atoms with E-state index < -0.39 is 5.60 Å². The summed E-state index contributed by atoms with van der Waals surface area (Å²) in [5, 5.41) is 9.83. The van der Waals surface area contributed by atoms with Crippen LogP contribution in [0.25, 0.3) is 0 Å². The first-order valence-electron chi connectivity index (χ1n) is 3.90. The summed E-state index contributed by atoms with van der Waals surface area (Å²) in [7, 11) is 0. The monoisotopic (exact) mass is 160 g/mol. The number of hydrogen-bond acceptors (Lipinski definition) is 2. The van der Waals surface area contributed by atoms with Gasteiger partial charge in [0.2, 0.25) is 0 Å². The Hall–Kier alpha value is 0.310. The second kappa shape index (κ2) is 2.42. The molecule has 1 aliphatic carbocycles. The summed E-state index contributed by atoms with van der Waals surface area (Å²) >= 11 is 4.45. The summed E-state index contributed by atoms with van der Waals surface area (Å²) in [6, 6.07) is 0. The third-order valence-electron chi connectivity index (χ3n) is 2.74. The van der Waals surface area contributed by atoms with E-state index in [0.717, 1.165) is 19.3 Å². The van der Waals surface area contributed by atoms with Gasteiger partial charge in [0.1, 0.15) is 0 Å². The topological polar surface area (TPSA) is 20.2 Å². The normalized spacial score (nSPS) is 49.2. The molecule has 0 radical (unpaired) electrons. The van der Waals surface area contributed by atoms with Gasteiger partial charge in [-0.15, -0.1) is 0 Å². The molecule has 0 heterocycles. The van der Waals surface area contributed by atoms with Gasteiger partial charge in [-0.1, -0.05) is 12.8 Å². The highest BCUT2D eigenvalue weighted by Crippen LogP contribution is 2.41. The Morgan fingerprint density at radius 2 is 1.70 bits per heavy atom. The zero-order valence-corrected chi connectivity index (χ0v) is 7.62. The third-order valence-corrected chi connectivity index (χ3v) is 3.44. The largest absolute Gasteiger partial charge is 0.389 e. The molecule has 0 aromatic carbocycles. The lowest BCUT2D eigenvalue weighted by molar-refractivity contribution is -0.00525. The van der Waals surface area contributed by atoms with Crippen LogP contribution >= 0.6 is 12.6 Å². The van der Waals surface area contributed by atoms with E-state index in [1.165, 1.54) is 6.42 Å². The Balaban J connectivity index is 2.70. The van der Waals surface area contributed by atoms with E-state index in [4.69, 9.17) is 0 Å². The van der Waals surface area contributed by atoms with Crippen LogP contribution in [0.15, 0.2) is 0 Å². The van der Waals surface area contributed by atoms with Crippen molar-refractivity contribution in [1.82, 2.24) is 0 Å². The molecule has 1 fully saturated rings. The van der Waals surface area contributed by atoms with Crippen LogP contribution in [0.3, 0.4) is 0 Å². The molecule has 0 aliphatic heterocycles. The Morgan fingerprint density at radius 3 is 2.00 bits per heavy atom. The van der Waals surface area contributed by atoms with Crippen molar-refractivity contribution < 1.29 is 5.11 Å². The lowest BCUT2D eigenvalue weighted by Crippen LogP contribution is -2.48. The van der Waals surface area contributed by atoms with Gasteiger partial charge < -0.3 is 5.11 Å². The van der Waals surface area contributed by atoms with Crippen LogP contribution in [0, 0.1) is 0 Å². The van der Waals surface area contributed by atoms with Crippen molar-refractivity contribution in [2.24, 2.45) is 0 Å². The third kappa shape index (κ3) is 1.32. The molecule has 0 aromatic rings. The van der Waals surface area contributed by atoms with Crippen LogP contribution in [-0.4, -0.2) is 15.5 Å². The summed E-state index contributed by atoms with van der Waals surface area (Å²) in [5.41, 5.74) is -0.561. The Morgan fingerprint density at radius 1 is 1.20 bits per heavy atom. The molecule has 1 saturated carbocycles. The SMILES string of the molecule is C[C@]1(O)CCCC[C@]1(C)S. The number of thiol groups is 1. The molecule has 1 rings (SSSR count). The first kappa shape index (κ1) is 8.41. The van der Waals surface area contributed by atoms with Gasteiger partial charge in [0.25, 0.3) is 0 Å². The van der Waals surface area contributed by atoms with Crippen molar-refractivity contribution in [1.29, 1.82) is 0 Å². The van der Waals surface area contributed by atoms with Gasteiger partial charge in [0, 0.05) is 4.75 Å². The van der Waals surface area contributed by atoms with Crippen LogP contribution in [0.4, 0.5) is 0 Å². The maximum atomic E-state index is 9.83. The first-order valence-corrected chi connectivity index (χ1v) is 4.35. The van der Waals surface area contributed by atoms with E-state index in [2.05, 4.69) is 12.6 Å². The highest BCUT2D eigenvalue weighted by atomic mass is 32.1. The summed E-state index contributed by atoms with van der Waals surface area (Å²) < 4.78 is -0.175. The minimum Gasteiger partial charge on any atom is -0.389 e. The van der Waals surface area contributed by atoms with Gasteiger partial charge >= 0.3 is 0 Å². The van der Waals surface area contributed by atoms with Gasteiger partial charge in [-0.25, -0.2) is 0 Å².